The number of anilines is 1. The Labute approximate surface area is 104 Å². The summed E-state index contributed by atoms with van der Waals surface area (Å²) in [6, 6.07) is 2.88. The number of carbonyl (C=O) groups is 1. The Hall–Kier alpha value is -2.18. The molecule has 0 fully saturated rings. The highest BCUT2D eigenvalue weighted by atomic mass is 16.6. The van der Waals surface area contributed by atoms with Crippen LogP contribution in [0.2, 0.25) is 0 Å². The zero-order valence-corrected chi connectivity index (χ0v) is 10.2. The monoisotopic (exact) mass is 253 g/mol. The number of carboxylic acids is 1. The van der Waals surface area contributed by atoms with Crippen molar-refractivity contribution in [2.24, 2.45) is 5.92 Å². The smallest absolute Gasteiger partial charge is 0.363 e. The average molecular weight is 253 g/mol. The maximum absolute atomic E-state index is 10.8. The summed E-state index contributed by atoms with van der Waals surface area (Å²) in [5.41, 5.74) is 0.677. The summed E-state index contributed by atoms with van der Waals surface area (Å²) in [6.45, 7) is 4.45. The van der Waals surface area contributed by atoms with Crippen LogP contribution in [-0.4, -0.2) is 34.1 Å². The number of aliphatic carboxylic acids is 1. The molecule has 1 rings (SSSR count). The van der Waals surface area contributed by atoms with Gasteiger partial charge >= 0.3 is 11.8 Å². The van der Waals surface area contributed by atoms with Crippen LogP contribution in [0.3, 0.4) is 0 Å². The van der Waals surface area contributed by atoms with Gasteiger partial charge in [-0.3, -0.25) is 4.79 Å². The van der Waals surface area contributed by atoms with E-state index >= 15 is 0 Å². The highest BCUT2D eigenvalue weighted by Gasteiger charge is 2.17. The van der Waals surface area contributed by atoms with E-state index in [1.807, 2.05) is 11.8 Å². The highest BCUT2D eigenvalue weighted by Crippen LogP contribution is 2.17. The first-order chi connectivity index (χ1) is 8.45. The molecule has 1 unspecified atom stereocenters. The van der Waals surface area contributed by atoms with Gasteiger partial charge in [0, 0.05) is 19.2 Å². The van der Waals surface area contributed by atoms with Crippen LogP contribution in [0.25, 0.3) is 0 Å². The molecule has 98 valence electrons. The second kappa shape index (κ2) is 5.95. The Bertz CT molecular complexity index is 432. The fourth-order valence-electron chi connectivity index (χ4n) is 1.50. The fourth-order valence-corrected chi connectivity index (χ4v) is 1.50. The van der Waals surface area contributed by atoms with Gasteiger partial charge in [0.15, 0.2) is 6.20 Å². The molecule has 0 radical (unpaired) electrons. The van der Waals surface area contributed by atoms with E-state index in [2.05, 4.69) is 4.98 Å². The summed E-state index contributed by atoms with van der Waals surface area (Å²) in [7, 11) is 0. The third kappa shape index (κ3) is 3.41. The van der Waals surface area contributed by atoms with E-state index in [1.54, 1.807) is 13.0 Å². The minimum absolute atomic E-state index is 0.221. The first kappa shape index (κ1) is 13.9. The molecule has 1 atom stereocenters. The number of nitro groups is 1. The van der Waals surface area contributed by atoms with Gasteiger partial charge in [-0.25, -0.2) is 0 Å². The van der Waals surface area contributed by atoms with E-state index in [0.29, 0.717) is 18.8 Å². The number of aromatic nitrogens is 1. The first-order valence-corrected chi connectivity index (χ1v) is 5.54. The number of hydrogen-bond acceptors (Lipinski definition) is 5. The van der Waals surface area contributed by atoms with Gasteiger partial charge in [-0.2, -0.15) is 0 Å². The van der Waals surface area contributed by atoms with E-state index in [0.717, 1.165) is 0 Å². The SMILES string of the molecule is CCN(CC(C)C(=O)O)c1ccc([N+](=O)[O-])nc1. The second-order valence-electron chi connectivity index (χ2n) is 3.91. The average Bonchev–Trinajstić information content (AvgIpc) is 2.35. The first-order valence-electron chi connectivity index (χ1n) is 5.54. The maximum Gasteiger partial charge on any atom is 0.363 e. The molecule has 18 heavy (non-hydrogen) atoms. The summed E-state index contributed by atoms with van der Waals surface area (Å²) in [5.74, 6) is -1.61. The quantitative estimate of drug-likeness (QED) is 0.610. The fraction of sp³-hybridized carbons (Fsp3) is 0.455. The van der Waals surface area contributed by atoms with E-state index in [-0.39, 0.29) is 5.82 Å². The van der Waals surface area contributed by atoms with Gasteiger partial charge in [-0.05, 0) is 22.9 Å². The summed E-state index contributed by atoms with van der Waals surface area (Å²) in [5, 5.41) is 19.3. The topological polar surface area (TPSA) is 96.6 Å². The highest BCUT2D eigenvalue weighted by molar-refractivity contribution is 5.70. The summed E-state index contributed by atoms with van der Waals surface area (Å²) < 4.78 is 0. The normalized spacial score (nSPS) is 11.9. The van der Waals surface area contributed by atoms with Crippen molar-refractivity contribution in [2.75, 3.05) is 18.0 Å². The zero-order chi connectivity index (χ0) is 13.7. The molecular formula is C11H15N3O4. The van der Waals surface area contributed by atoms with Crippen LogP contribution in [-0.2, 0) is 4.79 Å². The lowest BCUT2D eigenvalue weighted by Gasteiger charge is -2.23. The maximum atomic E-state index is 10.8. The molecule has 0 amide bonds. The number of hydrogen-bond donors (Lipinski definition) is 1. The lowest BCUT2D eigenvalue weighted by atomic mass is 10.1. The minimum atomic E-state index is -0.872. The van der Waals surface area contributed by atoms with Crippen molar-refractivity contribution in [3.63, 3.8) is 0 Å². The third-order valence-corrected chi connectivity index (χ3v) is 2.58. The summed E-state index contributed by atoms with van der Waals surface area (Å²) in [6.07, 6.45) is 1.39. The molecule has 1 aromatic heterocycles. The number of nitrogens with zero attached hydrogens (tertiary/aromatic N) is 3. The molecule has 0 spiro atoms. The van der Waals surface area contributed by atoms with Crippen molar-refractivity contribution in [3.05, 3.63) is 28.4 Å². The van der Waals surface area contributed by atoms with Crippen molar-refractivity contribution in [2.45, 2.75) is 13.8 Å². The Morgan fingerprint density at radius 1 is 1.61 bits per heavy atom. The van der Waals surface area contributed by atoms with Crippen LogP contribution >= 0.6 is 0 Å². The van der Waals surface area contributed by atoms with Crippen LogP contribution in [0, 0.1) is 16.0 Å². The molecule has 1 N–H and O–H groups in total. The number of rotatable bonds is 6. The van der Waals surface area contributed by atoms with Crippen LogP contribution in [0.4, 0.5) is 11.5 Å². The minimum Gasteiger partial charge on any atom is -0.481 e. The lowest BCUT2D eigenvalue weighted by Crippen LogP contribution is -2.31. The second-order valence-corrected chi connectivity index (χ2v) is 3.91. The lowest BCUT2D eigenvalue weighted by molar-refractivity contribution is -0.389. The van der Waals surface area contributed by atoms with Crippen molar-refractivity contribution in [1.29, 1.82) is 0 Å². The number of pyridine rings is 1. The predicted octanol–water partition coefficient (Wildman–Crippen LogP) is 1.54. The van der Waals surface area contributed by atoms with Gasteiger partial charge in [0.2, 0.25) is 0 Å². The molecule has 0 aliphatic rings. The molecule has 0 saturated heterocycles. The Morgan fingerprint density at radius 3 is 2.67 bits per heavy atom. The zero-order valence-electron chi connectivity index (χ0n) is 10.2. The van der Waals surface area contributed by atoms with Gasteiger partial charge in [0.1, 0.15) is 0 Å². The molecular weight excluding hydrogens is 238 g/mol. The molecule has 1 heterocycles. The predicted molar refractivity (Wildman–Crippen MR) is 65.6 cm³/mol. The molecule has 0 aromatic carbocycles. The Balaban J connectivity index is 2.82. The van der Waals surface area contributed by atoms with Gasteiger partial charge in [-0.1, -0.05) is 6.92 Å². The molecule has 0 bridgehead atoms. The summed E-state index contributed by atoms with van der Waals surface area (Å²) in [4.78, 5) is 26.2. The van der Waals surface area contributed by atoms with E-state index in [1.165, 1.54) is 12.3 Å². The third-order valence-electron chi connectivity index (χ3n) is 2.58. The number of carboxylic acid groups (broad SMARTS) is 1. The molecule has 7 heteroatoms. The van der Waals surface area contributed by atoms with Gasteiger partial charge in [-0.15, -0.1) is 0 Å². The van der Waals surface area contributed by atoms with Gasteiger partial charge in [0.25, 0.3) is 0 Å². The van der Waals surface area contributed by atoms with Crippen LogP contribution in [0.5, 0.6) is 0 Å². The van der Waals surface area contributed by atoms with Crippen LogP contribution < -0.4 is 4.90 Å². The van der Waals surface area contributed by atoms with Gasteiger partial charge in [0.05, 0.1) is 11.6 Å². The molecule has 0 aliphatic heterocycles. The molecule has 0 aliphatic carbocycles. The Kier molecular flexibility index (Phi) is 4.59. The van der Waals surface area contributed by atoms with Crippen molar-refractivity contribution in [3.8, 4) is 0 Å². The van der Waals surface area contributed by atoms with E-state index in [4.69, 9.17) is 5.11 Å². The molecule has 0 saturated carbocycles. The largest absolute Gasteiger partial charge is 0.481 e. The van der Waals surface area contributed by atoms with Crippen molar-refractivity contribution < 1.29 is 14.8 Å². The van der Waals surface area contributed by atoms with Gasteiger partial charge < -0.3 is 20.1 Å². The van der Waals surface area contributed by atoms with E-state index < -0.39 is 16.8 Å². The van der Waals surface area contributed by atoms with Crippen molar-refractivity contribution in [1.82, 2.24) is 4.98 Å². The van der Waals surface area contributed by atoms with Crippen molar-refractivity contribution >= 4 is 17.5 Å². The van der Waals surface area contributed by atoms with E-state index in [9.17, 15) is 14.9 Å². The molecule has 7 nitrogen and oxygen atoms in total. The Morgan fingerprint density at radius 2 is 2.28 bits per heavy atom. The van der Waals surface area contributed by atoms with Crippen LogP contribution in [0.15, 0.2) is 18.3 Å². The standard InChI is InChI=1S/C11H15N3O4/c1-3-13(7-8(2)11(15)16)9-4-5-10(12-6-9)14(17)18/h4-6,8H,3,7H2,1-2H3,(H,15,16). The molecule has 1 aromatic rings. The van der Waals surface area contributed by atoms with Crippen LogP contribution in [0.1, 0.15) is 13.8 Å². The summed E-state index contributed by atoms with van der Waals surface area (Å²) >= 11 is 0.